The first-order valence-corrected chi connectivity index (χ1v) is 6.72. The summed E-state index contributed by atoms with van der Waals surface area (Å²) in [5.74, 6) is -0.0147. The molecule has 0 aliphatic carbocycles. The van der Waals surface area contributed by atoms with Crippen LogP contribution in [-0.4, -0.2) is 10.7 Å². The lowest BCUT2D eigenvalue weighted by atomic mass is 10.1. The van der Waals surface area contributed by atoms with Crippen LogP contribution in [-0.2, 0) is 0 Å². The molecule has 6 nitrogen and oxygen atoms in total. The van der Waals surface area contributed by atoms with Gasteiger partial charge in [-0.15, -0.1) is 5.10 Å². The van der Waals surface area contributed by atoms with Gasteiger partial charge in [0, 0.05) is 0 Å². The molecule has 1 aromatic heterocycles. The number of aromatic nitrogens is 1. The highest BCUT2D eigenvalue weighted by Crippen LogP contribution is 2.13. The Bertz CT molecular complexity index is 836. The van der Waals surface area contributed by atoms with Crippen molar-refractivity contribution in [1.29, 1.82) is 10.5 Å². The zero-order chi connectivity index (χ0) is 15.2. The summed E-state index contributed by atoms with van der Waals surface area (Å²) < 4.78 is 0. The first-order valence-electron chi connectivity index (χ1n) is 5.90. The molecule has 0 spiro atoms. The molecule has 0 fully saturated rings. The third-order valence-electron chi connectivity index (χ3n) is 2.58. The number of nitrogen functional groups attached to an aromatic ring is 1. The van der Waals surface area contributed by atoms with Crippen LogP contribution in [0.15, 0.2) is 40.5 Å². The maximum absolute atomic E-state index is 9.00. The zero-order valence-corrected chi connectivity index (χ0v) is 11.9. The predicted octanol–water partition coefficient (Wildman–Crippen LogP) is 1.79. The van der Waals surface area contributed by atoms with Gasteiger partial charge in [0.2, 0.25) is 4.80 Å². The van der Waals surface area contributed by atoms with Crippen molar-refractivity contribution in [2.24, 2.45) is 10.2 Å². The monoisotopic (exact) mass is 294 g/mol. The number of nitrogens with two attached hydrogens (primary N) is 1. The summed E-state index contributed by atoms with van der Waals surface area (Å²) >= 11 is 0.977. The quantitative estimate of drug-likeness (QED) is 0.672. The lowest BCUT2D eigenvalue weighted by molar-refractivity contribution is 1.09. The first kappa shape index (κ1) is 14.4. The Balaban J connectivity index is 2.46. The third-order valence-corrected chi connectivity index (χ3v) is 3.44. The van der Waals surface area contributed by atoms with Crippen molar-refractivity contribution in [2.75, 3.05) is 5.73 Å². The van der Waals surface area contributed by atoms with E-state index in [4.69, 9.17) is 16.3 Å². The van der Waals surface area contributed by atoms with Crippen molar-refractivity contribution in [3.8, 4) is 12.1 Å². The van der Waals surface area contributed by atoms with Gasteiger partial charge in [0.05, 0.1) is 5.71 Å². The van der Waals surface area contributed by atoms with Gasteiger partial charge >= 0.3 is 0 Å². The molecule has 0 amide bonds. The molecule has 1 heterocycles. The van der Waals surface area contributed by atoms with Crippen LogP contribution in [0.25, 0.3) is 0 Å². The first-order chi connectivity index (χ1) is 10.2. The van der Waals surface area contributed by atoms with Crippen LogP contribution in [0.4, 0.5) is 5.82 Å². The predicted molar refractivity (Wildman–Crippen MR) is 80.2 cm³/mol. The van der Waals surface area contributed by atoms with Crippen molar-refractivity contribution in [3.05, 3.63) is 51.1 Å². The molecule has 1 aromatic carbocycles. The van der Waals surface area contributed by atoms with Crippen LogP contribution in [0.2, 0.25) is 0 Å². The van der Waals surface area contributed by atoms with Gasteiger partial charge in [-0.1, -0.05) is 41.7 Å². The highest BCUT2D eigenvalue weighted by molar-refractivity contribution is 7.09. The molecule has 0 radical (unpaired) electrons. The molecule has 102 valence electrons. The highest BCUT2D eigenvalue weighted by atomic mass is 32.1. The number of rotatable bonds is 2. The normalized spacial score (nSPS) is 11.8. The van der Waals surface area contributed by atoms with Crippen LogP contribution in [0.3, 0.4) is 0 Å². The van der Waals surface area contributed by atoms with Crippen LogP contribution in [0.1, 0.15) is 22.9 Å². The fourth-order valence-corrected chi connectivity index (χ4v) is 2.23. The van der Waals surface area contributed by atoms with E-state index < -0.39 is 0 Å². The molecule has 21 heavy (non-hydrogen) atoms. The van der Waals surface area contributed by atoms with E-state index in [0.29, 0.717) is 5.71 Å². The van der Waals surface area contributed by atoms with Gasteiger partial charge in [-0.3, -0.25) is 0 Å². The third kappa shape index (κ3) is 3.30. The molecule has 7 heteroatoms. The Hall–Kier alpha value is -3.03. The fraction of sp³-hybridized carbons (Fsp3) is 0.0714. The van der Waals surface area contributed by atoms with Crippen molar-refractivity contribution < 1.29 is 0 Å². The average molecular weight is 294 g/mol. The van der Waals surface area contributed by atoms with E-state index in [9.17, 15) is 0 Å². The molecule has 2 N–H and O–H groups in total. The van der Waals surface area contributed by atoms with E-state index in [1.807, 2.05) is 49.4 Å². The minimum absolute atomic E-state index is 0.0147. The smallest absolute Gasteiger partial charge is 0.233 e. The summed E-state index contributed by atoms with van der Waals surface area (Å²) in [6.07, 6.45) is 0. The lowest BCUT2D eigenvalue weighted by Gasteiger charge is -1.98. The Morgan fingerprint density at radius 2 is 1.95 bits per heavy atom. The van der Waals surface area contributed by atoms with Crippen LogP contribution >= 0.6 is 11.3 Å². The maximum Gasteiger partial charge on any atom is 0.233 e. The number of hydrogen-bond acceptors (Lipinski definition) is 7. The molecule has 0 aliphatic heterocycles. The van der Waals surface area contributed by atoms with Gasteiger partial charge in [0.1, 0.15) is 28.4 Å². The second-order valence-electron chi connectivity index (χ2n) is 3.96. The molecular weight excluding hydrogens is 284 g/mol. The summed E-state index contributed by atoms with van der Waals surface area (Å²) in [5.41, 5.74) is 7.37. The molecule has 0 saturated heterocycles. The molecule has 0 bridgehead atoms. The van der Waals surface area contributed by atoms with E-state index >= 15 is 0 Å². The largest absolute Gasteiger partial charge is 0.382 e. The minimum Gasteiger partial charge on any atom is -0.382 e. The van der Waals surface area contributed by atoms with Crippen LogP contribution in [0.5, 0.6) is 0 Å². The van der Waals surface area contributed by atoms with Gasteiger partial charge in [-0.05, 0) is 12.5 Å². The molecule has 0 aliphatic rings. The lowest BCUT2D eigenvalue weighted by Crippen LogP contribution is -2.10. The van der Waals surface area contributed by atoms with E-state index in [1.165, 1.54) is 0 Å². The molecule has 2 rings (SSSR count). The van der Waals surface area contributed by atoms with Crippen molar-refractivity contribution in [1.82, 2.24) is 4.98 Å². The van der Waals surface area contributed by atoms with Crippen molar-refractivity contribution >= 4 is 22.9 Å². The van der Waals surface area contributed by atoms with E-state index in [-0.39, 0.29) is 21.1 Å². The van der Waals surface area contributed by atoms with Gasteiger partial charge in [-0.2, -0.15) is 20.6 Å². The Kier molecular flexibility index (Phi) is 4.39. The van der Waals surface area contributed by atoms with Gasteiger partial charge in [0.25, 0.3) is 0 Å². The van der Waals surface area contributed by atoms with Gasteiger partial charge in [-0.25, -0.2) is 0 Å². The van der Waals surface area contributed by atoms with Crippen molar-refractivity contribution in [2.45, 2.75) is 6.92 Å². The van der Waals surface area contributed by atoms with E-state index in [0.717, 1.165) is 16.9 Å². The molecule has 2 aromatic rings. The second kappa shape index (κ2) is 6.42. The van der Waals surface area contributed by atoms with Crippen LogP contribution in [0, 0.1) is 22.7 Å². The topological polar surface area (TPSA) is 111 Å². The van der Waals surface area contributed by atoms with E-state index in [1.54, 1.807) is 0 Å². The summed E-state index contributed by atoms with van der Waals surface area (Å²) in [4.78, 5) is 4.38. The number of hydrogen-bond donors (Lipinski definition) is 1. The zero-order valence-electron chi connectivity index (χ0n) is 11.1. The van der Waals surface area contributed by atoms with Gasteiger partial charge < -0.3 is 5.73 Å². The Morgan fingerprint density at radius 3 is 2.57 bits per heavy atom. The van der Waals surface area contributed by atoms with Gasteiger partial charge in [0.15, 0.2) is 0 Å². The molecular formula is C14H10N6S. The summed E-state index contributed by atoms with van der Waals surface area (Å²) in [5, 5.41) is 26.0. The molecule has 0 unspecified atom stereocenters. The van der Waals surface area contributed by atoms with E-state index in [2.05, 4.69) is 15.2 Å². The SMILES string of the molecule is C/C(=N/N=c1/nc(N)c(C#N)c(C#N)s1)c1ccccc1. The van der Waals surface area contributed by atoms with Crippen molar-refractivity contribution in [3.63, 3.8) is 0 Å². The molecule has 0 atom stereocenters. The minimum atomic E-state index is -0.0147. The second-order valence-corrected chi connectivity index (χ2v) is 4.94. The number of nitriles is 2. The number of nitrogens with zero attached hydrogens (tertiary/aromatic N) is 5. The number of anilines is 1. The number of benzene rings is 1. The Morgan fingerprint density at radius 1 is 1.24 bits per heavy atom. The standard InChI is InChI=1S/C14H10N6S/c1-9(10-5-3-2-4-6-10)19-20-14-18-13(17)11(7-15)12(8-16)21-14/h2-6H,1H3,(H2,17,18,20)/b19-9-. The Labute approximate surface area is 125 Å². The fourth-order valence-electron chi connectivity index (χ4n) is 1.52. The molecule has 0 saturated carbocycles. The summed E-state index contributed by atoms with van der Waals surface area (Å²) in [6.45, 7) is 1.82. The summed E-state index contributed by atoms with van der Waals surface area (Å²) in [7, 11) is 0. The summed E-state index contributed by atoms with van der Waals surface area (Å²) in [6, 6.07) is 13.3. The maximum atomic E-state index is 9.00. The average Bonchev–Trinajstić information content (AvgIpc) is 2.52. The van der Waals surface area contributed by atoms with Crippen LogP contribution < -0.4 is 10.5 Å². The highest BCUT2D eigenvalue weighted by Gasteiger charge is 2.08.